The molecule has 0 spiro atoms. The first kappa shape index (κ1) is 21.3. The Morgan fingerprint density at radius 1 is 1.31 bits per heavy atom. The molecule has 0 amide bonds. The second-order valence-corrected chi connectivity index (χ2v) is 8.57. The van der Waals surface area contributed by atoms with E-state index in [9.17, 15) is 0 Å². The average Bonchev–Trinajstić information content (AvgIpc) is 2.75. The molecule has 1 aromatic heterocycles. The second-order valence-electron chi connectivity index (χ2n) is 8.57. The number of hydrogen-bond acceptors (Lipinski definition) is 3. The Kier molecular flexibility index (Phi) is 6.59. The van der Waals surface area contributed by atoms with Crippen molar-refractivity contribution in [3.8, 4) is 0 Å². The van der Waals surface area contributed by atoms with E-state index >= 15 is 0 Å². The third-order valence-corrected chi connectivity index (χ3v) is 6.83. The van der Waals surface area contributed by atoms with Crippen molar-refractivity contribution in [2.24, 2.45) is 0 Å². The lowest BCUT2D eigenvalue weighted by Gasteiger charge is -2.54. The van der Waals surface area contributed by atoms with Crippen molar-refractivity contribution >= 4 is 6.08 Å². The van der Waals surface area contributed by atoms with Crippen molar-refractivity contribution in [3.05, 3.63) is 83.8 Å². The van der Waals surface area contributed by atoms with Gasteiger partial charge in [-0.2, -0.15) is 0 Å². The van der Waals surface area contributed by atoms with Gasteiger partial charge < -0.3 is 9.80 Å². The van der Waals surface area contributed by atoms with Crippen LogP contribution in [0.2, 0.25) is 0 Å². The third-order valence-electron chi connectivity index (χ3n) is 6.83. The van der Waals surface area contributed by atoms with Crippen molar-refractivity contribution in [2.45, 2.75) is 51.1 Å². The fourth-order valence-electron chi connectivity index (χ4n) is 4.93. The van der Waals surface area contributed by atoms with Crippen LogP contribution in [0.15, 0.2) is 67.1 Å². The number of likely N-dealkylation sites (tertiary alicyclic amines) is 1. The molecule has 0 saturated carbocycles. The van der Waals surface area contributed by atoms with E-state index in [1.807, 2.05) is 12.3 Å². The van der Waals surface area contributed by atoms with Crippen LogP contribution in [0.25, 0.3) is 6.08 Å². The molecule has 154 valence electrons. The third kappa shape index (κ3) is 4.30. The minimum Gasteiger partial charge on any atom is -0.370 e. The first-order valence-corrected chi connectivity index (χ1v) is 10.7. The molecule has 2 aromatic rings. The van der Waals surface area contributed by atoms with E-state index in [1.54, 1.807) is 6.20 Å². The highest BCUT2D eigenvalue weighted by Gasteiger charge is 2.46. The fourth-order valence-corrected chi connectivity index (χ4v) is 4.93. The lowest BCUT2D eigenvalue weighted by atomic mass is 9.66. The van der Waals surface area contributed by atoms with Gasteiger partial charge in [-0.3, -0.25) is 4.98 Å². The Morgan fingerprint density at radius 3 is 2.76 bits per heavy atom. The largest absolute Gasteiger partial charge is 0.370 e. The van der Waals surface area contributed by atoms with Crippen molar-refractivity contribution < 1.29 is 0 Å². The first-order valence-electron chi connectivity index (χ1n) is 10.7. The van der Waals surface area contributed by atoms with Gasteiger partial charge in [0.05, 0.1) is 6.04 Å². The Morgan fingerprint density at radius 2 is 2.07 bits per heavy atom. The van der Waals surface area contributed by atoms with Crippen LogP contribution >= 0.6 is 0 Å². The van der Waals surface area contributed by atoms with Gasteiger partial charge in [0, 0.05) is 36.6 Å². The maximum atomic E-state index is 4.41. The van der Waals surface area contributed by atoms with Crippen LogP contribution in [0.4, 0.5) is 0 Å². The van der Waals surface area contributed by atoms with Gasteiger partial charge >= 0.3 is 0 Å². The van der Waals surface area contributed by atoms with Gasteiger partial charge in [-0.25, -0.2) is 0 Å². The average molecular weight is 390 g/mol. The number of aromatic nitrogens is 1. The Bertz CT molecular complexity index is 857. The van der Waals surface area contributed by atoms with E-state index in [1.165, 1.54) is 11.1 Å². The summed E-state index contributed by atoms with van der Waals surface area (Å²) in [5, 5.41) is 0. The molecule has 0 aliphatic carbocycles. The smallest absolute Gasteiger partial charge is 0.0533 e. The van der Waals surface area contributed by atoms with Crippen LogP contribution < -0.4 is 0 Å². The van der Waals surface area contributed by atoms with Gasteiger partial charge in [0.15, 0.2) is 0 Å². The molecule has 1 fully saturated rings. The number of pyridine rings is 1. The molecule has 3 nitrogen and oxygen atoms in total. The summed E-state index contributed by atoms with van der Waals surface area (Å²) in [6, 6.07) is 13.8. The lowest BCUT2D eigenvalue weighted by molar-refractivity contribution is 0.0379. The molecule has 1 unspecified atom stereocenters. The second kappa shape index (κ2) is 8.96. The molecule has 0 bridgehead atoms. The minimum absolute atomic E-state index is 0.0678. The van der Waals surface area contributed by atoms with E-state index in [4.69, 9.17) is 0 Å². The number of rotatable bonds is 6. The highest BCUT2D eigenvalue weighted by molar-refractivity contribution is 5.51. The molecule has 1 aromatic carbocycles. The minimum atomic E-state index is 0.0678. The molecule has 3 atom stereocenters. The molecule has 3 heteroatoms. The molecule has 0 radical (unpaired) electrons. The molecule has 3 rings (SSSR count). The fraction of sp³-hybridized carbons (Fsp3) is 0.423. The summed E-state index contributed by atoms with van der Waals surface area (Å²) >= 11 is 0. The highest BCUT2D eigenvalue weighted by Crippen LogP contribution is 2.42. The normalized spacial score (nSPS) is 25.3. The summed E-state index contributed by atoms with van der Waals surface area (Å²) in [4.78, 5) is 9.07. The van der Waals surface area contributed by atoms with E-state index in [2.05, 4.69) is 98.7 Å². The Hall–Kier alpha value is -2.39. The molecule has 1 aliphatic heterocycles. The lowest BCUT2D eigenvalue weighted by Crippen LogP contribution is -2.62. The number of hydrogen-bond donors (Lipinski definition) is 0. The van der Waals surface area contributed by atoms with Gasteiger partial charge in [0.1, 0.15) is 0 Å². The van der Waals surface area contributed by atoms with Crippen molar-refractivity contribution in [1.29, 1.82) is 0 Å². The van der Waals surface area contributed by atoms with Crippen LogP contribution in [0, 0.1) is 0 Å². The predicted molar refractivity (Wildman–Crippen MR) is 124 cm³/mol. The summed E-state index contributed by atoms with van der Waals surface area (Å²) in [6.07, 6.45) is 10.1. The van der Waals surface area contributed by atoms with Gasteiger partial charge in [0.2, 0.25) is 0 Å². The van der Waals surface area contributed by atoms with E-state index in [0.717, 1.165) is 30.6 Å². The van der Waals surface area contributed by atoms with Gasteiger partial charge in [-0.1, -0.05) is 56.8 Å². The van der Waals surface area contributed by atoms with Crippen molar-refractivity contribution in [2.75, 3.05) is 20.6 Å². The van der Waals surface area contributed by atoms with Crippen molar-refractivity contribution in [3.63, 3.8) is 0 Å². The monoisotopic (exact) mass is 389 g/mol. The zero-order valence-electron chi connectivity index (χ0n) is 18.6. The number of allylic oxidation sites excluding steroid dienone is 1. The quantitative estimate of drug-likeness (QED) is 0.637. The summed E-state index contributed by atoms with van der Waals surface area (Å²) in [7, 11) is 4.44. The number of likely N-dealkylation sites (N-methyl/N-ethyl adjacent to an activating group) is 2. The van der Waals surface area contributed by atoms with E-state index in [-0.39, 0.29) is 5.41 Å². The summed E-state index contributed by atoms with van der Waals surface area (Å²) in [5.74, 6) is 0. The maximum absolute atomic E-state index is 4.41. The Labute approximate surface area is 176 Å². The van der Waals surface area contributed by atoms with E-state index < -0.39 is 0 Å². The predicted octanol–water partition coefficient (Wildman–Crippen LogP) is 5.15. The number of piperidine rings is 1. The molecule has 2 heterocycles. The summed E-state index contributed by atoms with van der Waals surface area (Å²) in [5.41, 5.74) is 5.14. The summed E-state index contributed by atoms with van der Waals surface area (Å²) in [6.45, 7) is 12.6. The standard InChI is InChI=1S/C26H35N3/c1-7-23-12-8-9-13-24(23)26(4)16-18-28(5)21(3)25(26)29(6)20(2)14-15-22-11-10-17-27-19-22/h8-15,17,19,21,25H,2,7,16,18H2,1,3-6H3/b15-14+/t21-,25+,26?/m1/s1. The molecule has 1 aliphatic rings. The Balaban J connectivity index is 1.95. The van der Waals surface area contributed by atoms with Gasteiger partial charge in [-0.05, 0) is 62.2 Å². The SMILES string of the molecule is C=C(/C=C/c1cccnc1)N(C)[C@H]1[C@@H](C)N(C)CCC1(C)c1ccccc1CC. The van der Waals surface area contributed by atoms with Crippen LogP contribution in [0.3, 0.4) is 0 Å². The van der Waals surface area contributed by atoms with Crippen LogP contribution in [0.1, 0.15) is 43.9 Å². The van der Waals surface area contributed by atoms with Crippen LogP contribution in [-0.4, -0.2) is 47.5 Å². The summed E-state index contributed by atoms with van der Waals surface area (Å²) < 4.78 is 0. The zero-order valence-corrected chi connectivity index (χ0v) is 18.6. The van der Waals surface area contributed by atoms with Crippen molar-refractivity contribution in [1.82, 2.24) is 14.8 Å². The van der Waals surface area contributed by atoms with Crippen LogP contribution in [-0.2, 0) is 11.8 Å². The van der Waals surface area contributed by atoms with Gasteiger partial charge in [-0.15, -0.1) is 0 Å². The number of nitrogens with zero attached hydrogens (tertiary/aromatic N) is 3. The number of aryl methyl sites for hydroxylation is 1. The van der Waals surface area contributed by atoms with E-state index in [0.29, 0.717) is 12.1 Å². The zero-order chi connectivity index (χ0) is 21.0. The molecule has 1 saturated heterocycles. The first-order chi connectivity index (χ1) is 13.9. The molecular weight excluding hydrogens is 354 g/mol. The highest BCUT2D eigenvalue weighted by atomic mass is 15.2. The van der Waals surface area contributed by atoms with Gasteiger partial charge in [0.25, 0.3) is 0 Å². The maximum Gasteiger partial charge on any atom is 0.0533 e. The molecule has 0 N–H and O–H groups in total. The molecule has 29 heavy (non-hydrogen) atoms. The van der Waals surface area contributed by atoms with Crippen LogP contribution in [0.5, 0.6) is 0 Å². The molecular formula is C26H35N3. The topological polar surface area (TPSA) is 19.4 Å². The number of benzene rings is 1.